The van der Waals surface area contributed by atoms with Crippen molar-refractivity contribution < 1.29 is 18.7 Å². The third-order valence-electron chi connectivity index (χ3n) is 5.20. The maximum Gasteiger partial charge on any atom is 0.264 e. The van der Waals surface area contributed by atoms with Crippen molar-refractivity contribution in [2.75, 3.05) is 36.9 Å². The molecule has 11 heteroatoms. The number of halogens is 2. The van der Waals surface area contributed by atoms with E-state index in [1.165, 1.54) is 35.9 Å². The molecular formula is C22H17ClFN5O3S. The van der Waals surface area contributed by atoms with E-state index in [4.69, 9.17) is 16.3 Å². The van der Waals surface area contributed by atoms with Crippen molar-refractivity contribution >= 4 is 63.7 Å². The van der Waals surface area contributed by atoms with Crippen LogP contribution < -0.4 is 10.6 Å². The zero-order valence-corrected chi connectivity index (χ0v) is 18.7. The first-order chi connectivity index (χ1) is 16.0. The number of ether oxygens (including phenoxy) is 1. The Labute approximate surface area is 197 Å². The Hall–Kier alpha value is -3.34. The minimum atomic E-state index is -0.535. The number of thiophene rings is 1. The minimum Gasteiger partial charge on any atom is -0.378 e. The highest BCUT2D eigenvalue weighted by Gasteiger charge is 2.30. The van der Waals surface area contributed by atoms with E-state index in [9.17, 15) is 14.0 Å². The second-order valence-electron chi connectivity index (χ2n) is 7.32. The molecule has 2 aliphatic heterocycles. The number of fused-ring (bicyclic) bond motifs is 1. The molecule has 2 amide bonds. The number of benzene rings is 1. The number of nitrogens with one attached hydrogen (secondary N) is 2. The largest absolute Gasteiger partial charge is 0.378 e. The van der Waals surface area contributed by atoms with Crippen molar-refractivity contribution in [3.8, 4) is 0 Å². The highest BCUT2D eigenvalue weighted by Crippen LogP contribution is 2.38. The van der Waals surface area contributed by atoms with Gasteiger partial charge in [0.05, 0.1) is 34.3 Å². The normalized spacial score (nSPS) is 16.6. The van der Waals surface area contributed by atoms with Crippen LogP contribution in [0.25, 0.3) is 11.6 Å². The Morgan fingerprint density at radius 1 is 1.24 bits per heavy atom. The van der Waals surface area contributed by atoms with E-state index in [0.717, 1.165) is 4.88 Å². The fraction of sp³-hybridized carbons (Fsp3) is 0.182. The van der Waals surface area contributed by atoms with Crippen LogP contribution in [0.15, 0.2) is 36.7 Å². The van der Waals surface area contributed by atoms with Gasteiger partial charge in [-0.2, -0.15) is 0 Å². The molecule has 33 heavy (non-hydrogen) atoms. The first-order valence-electron chi connectivity index (χ1n) is 10.1. The van der Waals surface area contributed by atoms with Gasteiger partial charge in [-0.15, -0.1) is 11.3 Å². The molecule has 0 spiro atoms. The predicted molar refractivity (Wildman–Crippen MR) is 124 cm³/mol. The van der Waals surface area contributed by atoms with Crippen LogP contribution in [0, 0.1) is 5.82 Å². The fourth-order valence-electron chi connectivity index (χ4n) is 3.58. The van der Waals surface area contributed by atoms with Gasteiger partial charge in [-0.05, 0) is 36.4 Å². The molecule has 2 N–H and O–H groups in total. The molecule has 0 radical (unpaired) electrons. The van der Waals surface area contributed by atoms with Crippen molar-refractivity contribution in [2.24, 2.45) is 0 Å². The van der Waals surface area contributed by atoms with Crippen LogP contribution in [0.4, 0.5) is 21.7 Å². The molecule has 1 saturated heterocycles. The molecule has 1 fully saturated rings. The lowest BCUT2D eigenvalue weighted by atomic mass is 10.1. The van der Waals surface area contributed by atoms with Crippen LogP contribution in [0.5, 0.6) is 0 Å². The second kappa shape index (κ2) is 8.89. The highest BCUT2D eigenvalue weighted by atomic mass is 35.5. The summed E-state index contributed by atoms with van der Waals surface area (Å²) in [5.74, 6) is -0.192. The zero-order chi connectivity index (χ0) is 22.9. The van der Waals surface area contributed by atoms with Crippen molar-refractivity contribution in [1.29, 1.82) is 0 Å². The quantitative estimate of drug-likeness (QED) is 0.541. The van der Waals surface area contributed by atoms with Gasteiger partial charge in [-0.1, -0.05) is 11.6 Å². The van der Waals surface area contributed by atoms with Crippen molar-refractivity contribution in [3.05, 3.63) is 62.8 Å². The van der Waals surface area contributed by atoms with Gasteiger partial charge in [0.25, 0.3) is 11.8 Å². The number of hydrogen-bond acceptors (Lipinski definition) is 7. The van der Waals surface area contributed by atoms with Crippen molar-refractivity contribution in [3.63, 3.8) is 0 Å². The maximum absolute atomic E-state index is 13.5. The molecular weight excluding hydrogens is 469 g/mol. The molecule has 4 heterocycles. The third kappa shape index (κ3) is 4.32. The molecule has 2 aromatic heterocycles. The van der Waals surface area contributed by atoms with E-state index >= 15 is 0 Å². The summed E-state index contributed by atoms with van der Waals surface area (Å²) >= 11 is 7.18. The van der Waals surface area contributed by atoms with E-state index in [-0.39, 0.29) is 16.8 Å². The van der Waals surface area contributed by atoms with Gasteiger partial charge in [-0.25, -0.2) is 14.4 Å². The molecule has 5 rings (SSSR count). The minimum absolute atomic E-state index is 0.0354. The molecule has 0 saturated carbocycles. The number of nitrogens with zero attached hydrogens (tertiary/aromatic N) is 3. The monoisotopic (exact) mass is 485 g/mol. The highest BCUT2D eigenvalue weighted by molar-refractivity contribution is 7.15. The summed E-state index contributed by atoms with van der Waals surface area (Å²) in [6.07, 6.45) is 3.02. The Balaban J connectivity index is 1.45. The van der Waals surface area contributed by atoms with E-state index < -0.39 is 5.82 Å². The lowest BCUT2D eigenvalue weighted by Gasteiger charge is -2.26. The van der Waals surface area contributed by atoms with Gasteiger partial charge < -0.3 is 20.3 Å². The predicted octanol–water partition coefficient (Wildman–Crippen LogP) is 4.04. The van der Waals surface area contributed by atoms with Crippen LogP contribution >= 0.6 is 22.9 Å². The molecule has 8 nitrogen and oxygen atoms in total. The molecule has 168 valence electrons. The smallest absolute Gasteiger partial charge is 0.264 e. The summed E-state index contributed by atoms with van der Waals surface area (Å²) in [4.78, 5) is 36.9. The zero-order valence-electron chi connectivity index (χ0n) is 17.1. The number of carbonyl (C=O) groups excluding carboxylic acids is 2. The molecule has 0 bridgehead atoms. The average molecular weight is 486 g/mol. The fourth-order valence-corrected chi connectivity index (χ4v) is 4.68. The number of aromatic nitrogens is 2. The third-order valence-corrected chi connectivity index (χ3v) is 6.51. The summed E-state index contributed by atoms with van der Waals surface area (Å²) in [7, 11) is 0. The molecule has 0 unspecified atom stereocenters. The Bertz CT molecular complexity index is 1290. The first-order valence-corrected chi connectivity index (χ1v) is 11.3. The number of amides is 2. The van der Waals surface area contributed by atoms with Gasteiger partial charge in [0.2, 0.25) is 0 Å². The summed E-state index contributed by atoms with van der Waals surface area (Å²) in [5.41, 5.74) is 1.35. The SMILES string of the molecule is O=C1Nc2ncnc(Nc3ccc(F)c(Cl)c3)c2/C1=C/c1ccc(C(=O)N2CCOCC2)s1. The van der Waals surface area contributed by atoms with Crippen LogP contribution in [0.2, 0.25) is 5.02 Å². The lowest BCUT2D eigenvalue weighted by molar-refractivity contribution is -0.110. The van der Waals surface area contributed by atoms with E-state index in [1.54, 1.807) is 23.1 Å². The van der Waals surface area contributed by atoms with Crippen LogP contribution in [0.3, 0.4) is 0 Å². The van der Waals surface area contributed by atoms with Crippen LogP contribution in [0.1, 0.15) is 20.1 Å². The van der Waals surface area contributed by atoms with Crippen LogP contribution in [-0.2, 0) is 9.53 Å². The van der Waals surface area contributed by atoms with Gasteiger partial charge in [0, 0.05) is 23.7 Å². The summed E-state index contributed by atoms with van der Waals surface area (Å²) in [6, 6.07) is 7.75. The van der Waals surface area contributed by atoms with E-state index in [2.05, 4.69) is 20.6 Å². The van der Waals surface area contributed by atoms with E-state index in [0.29, 0.717) is 59.6 Å². The molecule has 0 aliphatic carbocycles. The van der Waals surface area contributed by atoms with Crippen molar-refractivity contribution in [1.82, 2.24) is 14.9 Å². The summed E-state index contributed by atoms with van der Waals surface area (Å²) in [6.45, 7) is 2.17. The molecule has 1 aromatic carbocycles. The number of hydrogen-bond donors (Lipinski definition) is 2. The number of carbonyl (C=O) groups is 2. The number of anilines is 3. The van der Waals surface area contributed by atoms with Gasteiger partial charge in [-0.3, -0.25) is 9.59 Å². The van der Waals surface area contributed by atoms with Gasteiger partial charge in [0.15, 0.2) is 0 Å². The van der Waals surface area contributed by atoms with Crippen LogP contribution in [-0.4, -0.2) is 53.0 Å². The van der Waals surface area contributed by atoms with E-state index in [1.807, 2.05) is 0 Å². The van der Waals surface area contributed by atoms with Gasteiger partial charge in [0.1, 0.15) is 23.8 Å². The van der Waals surface area contributed by atoms with Gasteiger partial charge >= 0.3 is 0 Å². The molecule has 3 aromatic rings. The average Bonchev–Trinajstić information content (AvgIpc) is 3.41. The second-order valence-corrected chi connectivity index (χ2v) is 8.84. The summed E-state index contributed by atoms with van der Waals surface area (Å²) in [5, 5.41) is 5.76. The van der Waals surface area contributed by atoms with Crippen molar-refractivity contribution in [2.45, 2.75) is 0 Å². The Morgan fingerprint density at radius 3 is 2.85 bits per heavy atom. The molecule has 0 atom stereocenters. The Morgan fingerprint density at radius 2 is 2.06 bits per heavy atom. The molecule has 2 aliphatic rings. The lowest BCUT2D eigenvalue weighted by Crippen LogP contribution is -2.40. The first kappa shape index (κ1) is 21.5. The topological polar surface area (TPSA) is 96.4 Å². The Kier molecular flexibility index (Phi) is 5.79. The summed E-state index contributed by atoms with van der Waals surface area (Å²) < 4.78 is 18.8. The number of rotatable bonds is 4. The maximum atomic E-state index is 13.5. The standard InChI is InChI=1S/C22H17ClFN5O3S/c23-15-9-12(1-3-16(15)24)27-19-18-14(21(30)28-20(18)26-11-25-19)10-13-2-4-17(33-13)22(31)29-5-7-32-8-6-29/h1-4,9-11H,5-8H2,(H2,25,26,27,28,30)/b14-10-. The number of morpholine rings is 1.